The Balaban J connectivity index is 1.76. The van der Waals surface area contributed by atoms with E-state index in [1.54, 1.807) is 0 Å². The topological polar surface area (TPSA) is 32.3 Å². The average Bonchev–Trinajstić information content (AvgIpc) is 2.86. The van der Waals surface area contributed by atoms with Crippen molar-refractivity contribution in [1.82, 2.24) is 10.2 Å². The first kappa shape index (κ1) is 14.2. The molecule has 1 amide bonds. The summed E-state index contributed by atoms with van der Waals surface area (Å²) in [5.41, 5.74) is 0. The number of carbonyl (C=O) groups is 1. The maximum absolute atomic E-state index is 12.3. The van der Waals surface area contributed by atoms with Gasteiger partial charge in [-0.05, 0) is 44.7 Å². The van der Waals surface area contributed by atoms with Gasteiger partial charge in [-0.2, -0.15) is 0 Å². The molecule has 0 aromatic carbocycles. The van der Waals surface area contributed by atoms with Crippen molar-refractivity contribution in [3.63, 3.8) is 0 Å². The molecule has 2 rings (SSSR count). The van der Waals surface area contributed by atoms with E-state index in [-0.39, 0.29) is 0 Å². The second kappa shape index (κ2) is 6.80. The van der Waals surface area contributed by atoms with Crippen LogP contribution in [0.5, 0.6) is 0 Å². The van der Waals surface area contributed by atoms with Crippen molar-refractivity contribution < 1.29 is 4.79 Å². The molecular weight excluding hydrogens is 244 g/mol. The van der Waals surface area contributed by atoms with Gasteiger partial charge in [0.05, 0.1) is 5.75 Å². The van der Waals surface area contributed by atoms with Gasteiger partial charge in [0.1, 0.15) is 0 Å². The Kier molecular flexibility index (Phi) is 5.37. The van der Waals surface area contributed by atoms with Gasteiger partial charge in [-0.1, -0.05) is 13.8 Å². The molecule has 1 unspecified atom stereocenters. The molecule has 0 saturated carbocycles. The van der Waals surface area contributed by atoms with E-state index in [9.17, 15) is 4.79 Å². The third-order valence-electron chi connectivity index (χ3n) is 4.12. The SMILES string of the molecule is CC(C)C1CCCN1C(=O)CSC1CCNCC1. The molecule has 2 aliphatic rings. The Morgan fingerprint density at radius 1 is 1.33 bits per heavy atom. The number of likely N-dealkylation sites (tertiary alicyclic amines) is 1. The number of piperidine rings is 1. The molecule has 1 atom stereocenters. The van der Waals surface area contributed by atoms with Gasteiger partial charge < -0.3 is 10.2 Å². The number of hydrogen-bond acceptors (Lipinski definition) is 3. The van der Waals surface area contributed by atoms with Crippen LogP contribution in [0, 0.1) is 5.92 Å². The van der Waals surface area contributed by atoms with Gasteiger partial charge in [-0.15, -0.1) is 11.8 Å². The summed E-state index contributed by atoms with van der Waals surface area (Å²) in [5, 5.41) is 4.06. The molecule has 0 spiro atoms. The average molecular weight is 270 g/mol. The van der Waals surface area contributed by atoms with Crippen LogP contribution < -0.4 is 5.32 Å². The number of carbonyl (C=O) groups excluding carboxylic acids is 1. The van der Waals surface area contributed by atoms with Gasteiger partial charge in [0.2, 0.25) is 5.91 Å². The monoisotopic (exact) mass is 270 g/mol. The van der Waals surface area contributed by atoms with Crippen molar-refractivity contribution in [1.29, 1.82) is 0 Å². The van der Waals surface area contributed by atoms with Crippen LogP contribution >= 0.6 is 11.8 Å². The Morgan fingerprint density at radius 3 is 2.72 bits per heavy atom. The van der Waals surface area contributed by atoms with Gasteiger partial charge in [0.15, 0.2) is 0 Å². The van der Waals surface area contributed by atoms with Crippen LogP contribution in [0.25, 0.3) is 0 Å². The van der Waals surface area contributed by atoms with Crippen molar-refractivity contribution in [2.45, 2.75) is 50.8 Å². The fourth-order valence-electron chi connectivity index (χ4n) is 3.03. The van der Waals surface area contributed by atoms with Crippen molar-refractivity contribution in [3.05, 3.63) is 0 Å². The fourth-order valence-corrected chi connectivity index (χ4v) is 4.14. The summed E-state index contributed by atoms with van der Waals surface area (Å²) in [6, 6.07) is 0.492. The van der Waals surface area contributed by atoms with Gasteiger partial charge in [-0.3, -0.25) is 4.79 Å². The number of thioether (sulfide) groups is 1. The van der Waals surface area contributed by atoms with E-state index >= 15 is 0 Å². The van der Waals surface area contributed by atoms with Gasteiger partial charge >= 0.3 is 0 Å². The normalized spacial score (nSPS) is 25.9. The Hall–Kier alpha value is -0.220. The van der Waals surface area contributed by atoms with E-state index in [0.29, 0.717) is 28.9 Å². The second-order valence-electron chi connectivity index (χ2n) is 5.80. The smallest absolute Gasteiger partial charge is 0.232 e. The number of hydrogen-bond donors (Lipinski definition) is 1. The summed E-state index contributed by atoms with van der Waals surface area (Å²) in [6.45, 7) is 7.68. The van der Waals surface area contributed by atoms with Crippen LogP contribution in [0.1, 0.15) is 39.5 Å². The zero-order valence-electron chi connectivity index (χ0n) is 11.7. The molecule has 2 saturated heterocycles. The summed E-state index contributed by atoms with van der Waals surface area (Å²) < 4.78 is 0. The summed E-state index contributed by atoms with van der Waals surface area (Å²) in [4.78, 5) is 14.4. The molecule has 2 heterocycles. The predicted molar refractivity (Wildman–Crippen MR) is 77.9 cm³/mol. The number of nitrogens with zero attached hydrogens (tertiary/aromatic N) is 1. The van der Waals surface area contributed by atoms with Gasteiger partial charge in [0, 0.05) is 17.8 Å². The lowest BCUT2D eigenvalue weighted by Crippen LogP contribution is -2.40. The lowest BCUT2D eigenvalue weighted by atomic mass is 10.0. The Bertz CT molecular complexity index is 277. The van der Waals surface area contributed by atoms with E-state index in [1.807, 2.05) is 11.8 Å². The molecule has 4 heteroatoms. The highest BCUT2D eigenvalue weighted by atomic mass is 32.2. The Morgan fingerprint density at radius 2 is 2.06 bits per heavy atom. The molecule has 2 aliphatic heterocycles. The lowest BCUT2D eigenvalue weighted by Gasteiger charge is -2.29. The van der Waals surface area contributed by atoms with Crippen LogP contribution in [-0.4, -0.2) is 47.5 Å². The zero-order chi connectivity index (χ0) is 13.0. The van der Waals surface area contributed by atoms with Gasteiger partial charge in [0.25, 0.3) is 0 Å². The highest BCUT2D eigenvalue weighted by Crippen LogP contribution is 2.26. The highest BCUT2D eigenvalue weighted by Gasteiger charge is 2.30. The summed E-state index contributed by atoms with van der Waals surface area (Å²) in [7, 11) is 0. The molecule has 0 aromatic rings. The van der Waals surface area contributed by atoms with Crippen molar-refractivity contribution in [2.24, 2.45) is 5.92 Å². The van der Waals surface area contributed by atoms with Crippen LogP contribution in [-0.2, 0) is 4.79 Å². The maximum Gasteiger partial charge on any atom is 0.232 e. The van der Waals surface area contributed by atoms with Crippen LogP contribution in [0.4, 0.5) is 0 Å². The summed E-state index contributed by atoms with van der Waals surface area (Å²) in [5.74, 6) is 1.66. The Labute approximate surface area is 115 Å². The molecule has 104 valence electrons. The number of nitrogens with one attached hydrogen (secondary N) is 1. The molecule has 18 heavy (non-hydrogen) atoms. The standard InChI is InChI=1S/C14H26N2OS/c1-11(2)13-4-3-9-16(13)14(17)10-18-12-5-7-15-8-6-12/h11-13,15H,3-10H2,1-2H3. The fraction of sp³-hybridized carbons (Fsp3) is 0.929. The number of rotatable bonds is 4. The first-order chi connectivity index (χ1) is 8.68. The second-order valence-corrected chi connectivity index (χ2v) is 7.09. The minimum atomic E-state index is 0.370. The molecular formula is C14H26N2OS. The molecule has 1 N–H and O–H groups in total. The first-order valence-electron chi connectivity index (χ1n) is 7.30. The third kappa shape index (κ3) is 3.64. The van der Waals surface area contributed by atoms with E-state index in [1.165, 1.54) is 25.7 Å². The lowest BCUT2D eigenvalue weighted by molar-refractivity contribution is -0.129. The summed E-state index contributed by atoms with van der Waals surface area (Å²) in [6.07, 6.45) is 4.81. The van der Waals surface area contributed by atoms with E-state index in [0.717, 1.165) is 19.6 Å². The minimum Gasteiger partial charge on any atom is -0.339 e. The van der Waals surface area contributed by atoms with E-state index < -0.39 is 0 Å². The number of amides is 1. The van der Waals surface area contributed by atoms with Gasteiger partial charge in [-0.25, -0.2) is 0 Å². The minimum absolute atomic E-state index is 0.370. The quantitative estimate of drug-likeness (QED) is 0.849. The van der Waals surface area contributed by atoms with Crippen molar-refractivity contribution in [3.8, 4) is 0 Å². The van der Waals surface area contributed by atoms with Crippen molar-refractivity contribution >= 4 is 17.7 Å². The van der Waals surface area contributed by atoms with Crippen LogP contribution in [0.2, 0.25) is 0 Å². The zero-order valence-corrected chi connectivity index (χ0v) is 12.5. The molecule has 0 aromatic heterocycles. The van der Waals surface area contributed by atoms with E-state index in [4.69, 9.17) is 0 Å². The molecule has 3 nitrogen and oxygen atoms in total. The predicted octanol–water partition coefficient (Wildman–Crippen LogP) is 2.12. The van der Waals surface area contributed by atoms with Crippen LogP contribution in [0.3, 0.4) is 0 Å². The first-order valence-corrected chi connectivity index (χ1v) is 8.35. The van der Waals surface area contributed by atoms with Crippen molar-refractivity contribution in [2.75, 3.05) is 25.4 Å². The molecule has 0 aliphatic carbocycles. The summed E-state index contributed by atoms with van der Waals surface area (Å²) >= 11 is 1.87. The maximum atomic E-state index is 12.3. The molecule has 0 radical (unpaired) electrons. The highest BCUT2D eigenvalue weighted by molar-refractivity contribution is 8.00. The molecule has 0 bridgehead atoms. The third-order valence-corrected chi connectivity index (χ3v) is 5.47. The van der Waals surface area contributed by atoms with E-state index in [2.05, 4.69) is 24.1 Å². The largest absolute Gasteiger partial charge is 0.339 e. The van der Waals surface area contributed by atoms with Crippen LogP contribution in [0.15, 0.2) is 0 Å². The molecule has 2 fully saturated rings.